The molecule has 0 radical (unpaired) electrons. The summed E-state index contributed by atoms with van der Waals surface area (Å²) < 4.78 is 13.4. The zero-order chi connectivity index (χ0) is 13.4. The Kier molecular flexibility index (Phi) is 2.95. The maximum Gasteiger partial charge on any atom is 0.128 e. The highest BCUT2D eigenvalue weighted by Crippen LogP contribution is 2.34. The molecule has 0 fully saturated rings. The Balaban J connectivity index is 1.98. The van der Waals surface area contributed by atoms with Crippen LogP contribution in [0.15, 0.2) is 52.4 Å². The third-order valence-corrected chi connectivity index (χ3v) is 4.03. The van der Waals surface area contributed by atoms with Gasteiger partial charge in [-0.15, -0.1) is 0 Å². The number of fused-ring (bicyclic) bond motifs is 1. The summed E-state index contributed by atoms with van der Waals surface area (Å²) in [7, 11) is 0. The van der Waals surface area contributed by atoms with E-state index in [0.29, 0.717) is 11.3 Å². The number of rotatable bonds is 2. The van der Waals surface area contributed by atoms with Crippen molar-refractivity contribution in [3.8, 4) is 0 Å². The molecule has 2 aromatic carbocycles. The Bertz CT molecular complexity index is 716. The van der Waals surface area contributed by atoms with E-state index in [4.69, 9.17) is 5.73 Å². The molecule has 0 saturated carbocycles. The predicted octanol–water partition coefficient (Wildman–Crippen LogP) is 4.35. The lowest BCUT2D eigenvalue weighted by Crippen LogP contribution is -1.92. The van der Waals surface area contributed by atoms with Gasteiger partial charge >= 0.3 is 0 Å². The van der Waals surface area contributed by atoms with Gasteiger partial charge in [-0.25, -0.2) is 4.39 Å². The number of H-pyrrole nitrogens is 1. The molecular weight excluding hydrogens is 259 g/mol. The van der Waals surface area contributed by atoms with Crippen LogP contribution in [0.3, 0.4) is 0 Å². The minimum Gasteiger partial charge on any atom is -0.398 e. The van der Waals surface area contributed by atoms with Gasteiger partial charge in [0.1, 0.15) is 5.82 Å². The number of aromatic amines is 1. The lowest BCUT2D eigenvalue weighted by atomic mass is 10.2. The molecule has 96 valence electrons. The summed E-state index contributed by atoms with van der Waals surface area (Å²) in [5.41, 5.74) is 8.01. The van der Waals surface area contributed by atoms with Crippen LogP contribution in [0.5, 0.6) is 0 Å². The van der Waals surface area contributed by atoms with E-state index in [9.17, 15) is 4.39 Å². The van der Waals surface area contributed by atoms with Gasteiger partial charge in [0.05, 0.1) is 5.03 Å². The SMILES string of the molecule is Cc1cc(Sc2cc3ccccc3[nH]2)c(N)cc1F. The monoisotopic (exact) mass is 272 g/mol. The van der Waals surface area contributed by atoms with Gasteiger partial charge in [-0.2, -0.15) is 0 Å². The lowest BCUT2D eigenvalue weighted by Gasteiger charge is -2.06. The molecule has 1 aromatic heterocycles. The zero-order valence-corrected chi connectivity index (χ0v) is 11.2. The van der Waals surface area contributed by atoms with Crippen LogP contribution < -0.4 is 5.73 Å². The summed E-state index contributed by atoms with van der Waals surface area (Å²) in [5.74, 6) is -0.265. The van der Waals surface area contributed by atoms with Gasteiger partial charge in [0, 0.05) is 21.5 Å². The number of anilines is 1. The fourth-order valence-corrected chi connectivity index (χ4v) is 2.98. The number of aromatic nitrogens is 1. The van der Waals surface area contributed by atoms with Crippen LogP contribution in [-0.4, -0.2) is 4.98 Å². The number of hydrogen-bond acceptors (Lipinski definition) is 2. The minimum atomic E-state index is -0.265. The van der Waals surface area contributed by atoms with E-state index in [1.807, 2.05) is 18.2 Å². The first-order valence-electron chi connectivity index (χ1n) is 5.95. The standard InChI is InChI=1S/C15H13FN2S/c1-9-6-14(12(17)8-11(9)16)19-15-7-10-4-2-3-5-13(10)18-15/h2-8,18H,17H2,1H3. The molecule has 2 nitrogen and oxygen atoms in total. The maximum absolute atomic E-state index is 13.4. The summed E-state index contributed by atoms with van der Waals surface area (Å²) in [6.07, 6.45) is 0. The van der Waals surface area contributed by atoms with Crippen molar-refractivity contribution in [1.82, 2.24) is 4.98 Å². The van der Waals surface area contributed by atoms with Crippen molar-refractivity contribution >= 4 is 28.4 Å². The average Bonchev–Trinajstić information content (AvgIpc) is 2.78. The van der Waals surface area contributed by atoms with E-state index >= 15 is 0 Å². The molecule has 0 aliphatic heterocycles. The summed E-state index contributed by atoms with van der Waals surface area (Å²) in [5, 5.41) is 2.15. The second-order valence-electron chi connectivity index (χ2n) is 4.46. The van der Waals surface area contributed by atoms with Crippen LogP contribution in [0, 0.1) is 12.7 Å². The van der Waals surface area contributed by atoms with Crippen molar-refractivity contribution in [1.29, 1.82) is 0 Å². The van der Waals surface area contributed by atoms with Crippen molar-refractivity contribution in [3.63, 3.8) is 0 Å². The van der Waals surface area contributed by atoms with E-state index < -0.39 is 0 Å². The molecule has 0 bridgehead atoms. The van der Waals surface area contributed by atoms with Crippen molar-refractivity contribution in [2.75, 3.05) is 5.73 Å². The van der Waals surface area contributed by atoms with Crippen molar-refractivity contribution in [2.45, 2.75) is 16.8 Å². The molecule has 0 atom stereocenters. The topological polar surface area (TPSA) is 41.8 Å². The number of nitrogens with two attached hydrogens (primary N) is 1. The summed E-state index contributed by atoms with van der Waals surface area (Å²) in [6.45, 7) is 1.74. The number of nitrogens with one attached hydrogen (secondary N) is 1. The predicted molar refractivity (Wildman–Crippen MR) is 78.0 cm³/mol. The van der Waals surface area contributed by atoms with Crippen molar-refractivity contribution in [3.05, 3.63) is 53.8 Å². The Labute approximate surface area is 114 Å². The molecule has 0 aliphatic rings. The largest absolute Gasteiger partial charge is 0.398 e. The molecule has 3 rings (SSSR count). The zero-order valence-electron chi connectivity index (χ0n) is 10.4. The number of aryl methyl sites for hydroxylation is 1. The molecule has 0 unspecified atom stereocenters. The smallest absolute Gasteiger partial charge is 0.128 e. The molecule has 1 heterocycles. The van der Waals surface area contributed by atoms with Gasteiger partial charge in [-0.05, 0) is 36.8 Å². The van der Waals surface area contributed by atoms with Crippen LogP contribution in [0.2, 0.25) is 0 Å². The van der Waals surface area contributed by atoms with Crippen LogP contribution in [0.4, 0.5) is 10.1 Å². The minimum absolute atomic E-state index is 0.265. The third kappa shape index (κ3) is 2.31. The number of benzene rings is 2. The van der Waals surface area contributed by atoms with Crippen LogP contribution in [-0.2, 0) is 0 Å². The maximum atomic E-state index is 13.4. The van der Waals surface area contributed by atoms with E-state index in [1.54, 1.807) is 13.0 Å². The normalized spacial score (nSPS) is 11.1. The van der Waals surface area contributed by atoms with E-state index in [0.717, 1.165) is 20.8 Å². The average molecular weight is 272 g/mol. The Morgan fingerprint density at radius 2 is 1.95 bits per heavy atom. The highest BCUT2D eigenvalue weighted by Gasteiger charge is 2.08. The van der Waals surface area contributed by atoms with Gasteiger partial charge in [0.25, 0.3) is 0 Å². The Morgan fingerprint density at radius 1 is 1.16 bits per heavy atom. The summed E-state index contributed by atoms with van der Waals surface area (Å²) in [6, 6.07) is 13.3. The molecule has 0 spiro atoms. The van der Waals surface area contributed by atoms with E-state index in [1.165, 1.54) is 17.8 Å². The van der Waals surface area contributed by atoms with Crippen molar-refractivity contribution in [2.24, 2.45) is 0 Å². The van der Waals surface area contributed by atoms with E-state index in [-0.39, 0.29) is 5.82 Å². The van der Waals surface area contributed by atoms with Crippen LogP contribution in [0.25, 0.3) is 10.9 Å². The summed E-state index contributed by atoms with van der Waals surface area (Å²) in [4.78, 5) is 4.19. The molecule has 3 N–H and O–H groups in total. The number of halogens is 1. The highest BCUT2D eigenvalue weighted by atomic mass is 32.2. The first-order valence-corrected chi connectivity index (χ1v) is 6.76. The molecule has 4 heteroatoms. The van der Waals surface area contributed by atoms with E-state index in [2.05, 4.69) is 17.1 Å². The molecule has 3 aromatic rings. The quantitative estimate of drug-likeness (QED) is 0.681. The second-order valence-corrected chi connectivity index (χ2v) is 5.55. The first kappa shape index (κ1) is 12.1. The van der Waals surface area contributed by atoms with Gasteiger partial charge in [-0.3, -0.25) is 0 Å². The summed E-state index contributed by atoms with van der Waals surface area (Å²) >= 11 is 1.52. The number of nitrogen functional groups attached to an aromatic ring is 1. The van der Waals surface area contributed by atoms with Crippen molar-refractivity contribution < 1.29 is 4.39 Å². The number of para-hydroxylation sites is 1. The van der Waals surface area contributed by atoms with Gasteiger partial charge in [0.2, 0.25) is 0 Å². The molecule has 0 aliphatic carbocycles. The van der Waals surface area contributed by atoms with Gasteiger partial charge < -0.3 is 10.7 Å². The van der Waals surface area contributed by atoms with Gasteiger partial charge in [0.15, 0.2) is 0 Å². The number of hydrogen-bond donors (Lipinski definition) is 2. The molecule has 19 heavy (non-hydrogen) atoms. The van der Waals surface area contributed by atoms with Crippen LogP contribution in [0.1, 0.15) is 5.56 Å². The first-order chi connectivity index (χ1) is 9.13. The fraction of sp³-hybridized carbons (Fsp3) is 0.0667. The van der Waals surface area contributed by atoms with Crippen LogP contribution >= 0.6 is 11.8 Å². The lowest BCUT2D eigenvalue weighted by molar-refractivity contribution is 0.618. The highest BCUT2D eigenvalue weighted by molar-refractivity contribution is 7.99. The Hall–Kier alpha value is -1.94. The van der Waals surface area contributed by atoms with Gasteiger partial charge in [-0.1, -0.05) is 30.0 Å². The molecular formula is C15H13FN2S. The fourth-order valence-electron chi connectivity index (χ4n) is 1.98. The molecule has 0 amide bonds. The third-order valence-electron chi connectivity index (χ3n) is 3.02. The molecule has 0 saturated heterocycles. The second kappa shape index (κ2) is 4.63. The Morgan fingerprint density at radius 3 is 2.74 bits per heavy atom.